The SMILES string of the molecule is CC(C)(C)OC(=O)N1CCCC(C(c2ccc(F)cc2)c2ccc(F)cc2)C1NC(=O)OCc1ccccc1. The summed E-state index contributed by atoms with van der Waals surface area (Å²) in [6, 6.07) is 21.5. The number of carbonyl (C=O) groups is 2. The molecular formula is C31H34F2N2O4. The number of benzene rings is 3. The molecule has 0 radical (unpaired) electrons. The predicted molar refractivity (Wildman–Crippen MR) is 144 cm³/mol. The van der Waals surface area contributed by atoms with Crippen molar-refractivity contribution in [2.45, 2.75) is 57.9 Å². The van der Waals surface area contributed by atoms with E-state index in [0.29, 0.717) is 19.4 Å². The zero-order valence-corrected chi connectivity index (χ0v) is 22.4. The summed E-state index contributed by atoms with van der Waals surface area (Å²) in [6.07, 6.45) is -0.738. The van der Waals surface area contributed by atoms with Gasteiger partial charge >= 0.3 is 12.2 Å². The number of rotatable bonds is 6. The minimum Gasteiger partial charge on any atom is -0.445 e. The molecule has 1 saturated heterocycles. The summed E-state index contributed by atoms with van der Waals surface area (Å²) in [5.74, 6) is -1.48. The van der Waals surface area contributed by atoms with Crippen LogP contribution in [0.1, 0.15) is 56.2 Å². The molecule has 6 nitrogen and oxygen atoms in total. The molecule has 1 heterocycles. The summed E-state index contributed by atoms with van der Waals surface area (Å²) < 4.78 is 38.9. The van der Waals surface area contributed by atoms with E-state index in [-0.39, 0.29) is 30.1 Å². The quantitative estimate of drug-likeness (QED) is 0.369. The molecule has 0 saturated carbocycles. The summed E-state index contributed by atoms with van der Waals surface area (Å²) in [5, 5.41) is 2.91. The molecule has 1 N–H and O–H groups in total. The van der Waals surface area contributed by atoms with Crippen molar-refractivity contribution in [2.75, 3.05) is 6.54 Å². The van der Waals surface area contributed by atoms with E-state index in [1.807, 2.05) is 30.3 Å². The van der Waals surface area contributed by atoms with Gasteiger partial charge in [0, 0.05) is 18.4 Å². The first-order valence-corrected chi connectivity index (χ1v) is 13.1. The number of nitrogens with one attached hydrogen (secondary N) is 1. The van der Waals surface area contributed by atoms with Crippen molar-refractivity contribution < 1.29 is 27.8 Å². The number of carbonyl (C=O) groups excluding carboxylic acids is 2. The molecule has 0 bridgehead atoms. The molecule has 1 aliphatic heterocycles. The van der Waals surface area contributed by atoms with Gasteiger partial charge in [-0.1, -0.05) is 54.6 Å². The van der Waals surface area contributed by atoms with Crippen molar-refractivity contribution in [3.63, 3.8) is 0 Å². The van der Waals surface area contributed by atoms with Gasteiger partial charge in [-0.2, -0.15) is 0 Å². The highest BCUT2D eigenvalue weighted by atomic mass is 19.1. The largest absolute Gasteiger partial charge is 0.445 e. The molecule has 0 aromatic heterocycles. The molecular weight excluding hydrogens is 502 g/mol. The lowest BCUT2D eigenvalue weighted by Gasteiger charge is -2.44. The maximum atomic E-state index is 13.9. The smallest absolute Gasteiger partial charge is 0.411 e. The third kappa shape index (κ3) is 7.56. The van der Waals surface area contributed by atoms with Crippen molar-refractivity contribution >= 4 is 12.2 Å². The van der Waals surface area contributed by atoms with Crippen LogP contribution in [0.3, 0.4) is 0 Å². The molecule has 8 heteroatoms. The summed E-state index contributed by atoms with van der Waals surface area (Å²) in [5.41, 5.74) is 1.65. The Balaban J connectivity index is 1.69. The van der Waals surface area contributed by atoms with Gasteiger partial charge in [0.05, 0.1) is 0 Å². The van der Waals surface area contributed by atoms with Crippen LogP contribution in [0.5, 0.6) is 0 Å². The highest BCUT2D eigenvalue weighted by molar-refractivity contribution is 5.72. The van der Waals surface area contributed by atoms with Crippen molar-refractivity contribution in [3.8, 4) is 0 Å². The zero-order valence-electron chi connectivity index (χ0n) is 22.4. The number of likely N-dealkylation sites (tertiary alicyclic amines) is 1. The molecule has 206 valence electrons. The van der Waals surface area contributed by atoms with Crippen molar-refractivity contribution in [1.82, 2.24) is 10.2 Å². The molecule has 1 fully saturated rings. The highest BCUT2D eigenvalue weighted by Gasteiger charge is 2.42. The minimum absolute atomic E-state index is 0.0653. The Hall–Kier alpha value is -3.94. The van der Waals surface area contributed by atoms with Gasteiger partial charge in [-0.05, 0) is 74.6 Å². The zero-order chi connectivity index (χ0) is 28.0. The Morgan fingerprint density at radius 2 is 1.49 bits per heavy atom. The Labute approximate surface area is 227 Å². The highest BCUT2D eigenvalue weighted by Crippen LogP contribution is 2.40. The van der Waals surface area contributed by atoms with E-state index < -0.39 is 24.0 Å². The normalized spacial score (nSPS) is 17.5. The lowest BCUT2D eigenvalue weighted by molar-refractivity contribution is -0.00858. The molecule has 0 aliphatic carbocycles. The van der Waals surface area contributed by atoms with Gasteiger partial charge in [0.2, 0.25) is 0 Å². The molecule has 2 atom stereocenters. The lowest BCUT2D eigenvalue weighted by atomic mass is 9.75. The van der Waals surface area contributed by atoms with Crippen LogP contribution in [-0.2, 0) is 16.1 Å². The van der Waals surface area contributed by atoms with Gasteiger partial charge in [0.25, 0.3) is 0 Å². The van der Waals surface area contributed by atoms with Crippen molar-refractivity contribution in [1.29, 1.82) is 0 Å². The standard InChI is InChI=1S/C31H34F2N2O4/c1-31(2,3)39-30(37)35-19-7-10-26(28(35)34-29(36)38-20-21-8-5-4-6-9-21)27(22-11-15-24(32)16-12-22)23-13-17-25(33)18-14-23/h4-6,8-9,11-18,26-28H,7,10,19-20H2,1-3H3,(H,34,36). The number of hydrogen-bond acceptors (Lipinski definition) is 4. The van der Waals surface area contributed by atoms with Crippen molar-refractivity contribution in [2.24, 2.45) is 5.92 Å². The second-order valence-electron chi connectivity index (χ2n) is 10.7. The Kier molecular flexibility index (Phi) is 8.84. The van der Waals surface area contributed by atoms with Crippen LogP contribution in [0.15, 0.2) is 78.9 Å². The number of hydrogen-bond donors (Lipinski definition) is 1. The van der Waals surface area contributed by atoms with E-state index in [1.54, 1.807) is 45.0 Å². The van der Waals surface area contributed by atoms with Crippen LogP contribution >= 0.6 is 0 Å². The second-order valence-corrected chi connectivity index (χ2v) is 10.7. The van der Waals surface area contributed by atoms with Crippen LogP contribution < -0.4 is 5.32 Å². The van der Waals surface area contributed by atoms with Crippen molar-refractivity contribution in [3.05, 3.63) is 107 Å². The molecule has 3 aromatic rings. The first kappa shape index (κ1) is 28.1. The summed E-state index contributed by atoms with van der Waals surface area (Å²) >= 11 is 0. The van der Waals surface area contributed by atoms with E-state index in [9.17, 15) is 18.4 Å². The fraction of sp³-hybridized carbons (Fsp3) is 0.355. The van der Waals surface area contributed by atoms with E-state index in [1.165, 1.54) is 29.2 Å². The number of nitrogens with zero attached hydrogens (tertiary/aromatic N) is 1. The Bertz CT molecular complexity index is 1200. The number of alkyl carbamates (subject to hydrolysis) is 1. The third-order valence-corrected chi connectivity index (χ3v) is 6.67. The van der Waals surface area contributed by atoms with Crippen LogP contribution in [0.2, 0.25) is 0 Å². The van der Waals surface area contributed by atoms with Gasteiger partial charge in [-0.15, -0.1) is 0 Å². The molecule has 2 amide bonds. The first-order valence-electron chi connectivity index (χ1n) is 13.1. The molecule has 39 heavy (non-hydrogen) atoms. The van der Waals surface area contributed by atoms with E-state index >= 15 is 0 Å². The third-order valence-electron chi connectivity index (χ3n) is 6.67. The molecule has 2 unspecified atom stereocenters. The maximum Gasteiger partial charge on any atom is 0.411 e. The number of amides is 2. The van der Waals surface area contributed by atoms with Gasteiger partial charge in [0.15, 0.2) is 0 Å². The Morgan fingerprint density at radius 3 is 2.03 bits per heavy atom. The first-order chi connectivity index (χ1) is 18.6. The number of halogens is 2. The summed E-state index contributed by atoms with van der Waals surface area (Å²) in [7, 11) is 0. The molecule has 0 spiro atoms. The number of piperidine rings is 1. The fourth-order valence-electron chi connectivity index (χ4n) is 5.00. The Morgan fingerprint density at radius 1 is 0.923 bits per heavy atom. The van der Waals surface area contributed by atoms with E-state index in [4.69, 9.17) is 9.47 Å². The molecule has 1 aliphatic rings. The summed E-state index contributed by atoms with van der Waals surface area (Å²) in [4.78, 5) is 27.9. The lowest BCUT2D eigenvalue weighted by Crippen LogP contribution is -2.59. The van der Waals surface area contributed by atoms with Gasteiger partial charge < -0.3 is 14.8 Å². The van der Waals surface area contributed by atoms with E-state index in [0.717, 1.165) is 16.7 Å². The molecule has 4 rings (SSSR count). The summed E-state index contributed by atoms with van der Waals surface area (Å²) in [6.45, 7) is 5.78. The van der Waals surface area contributed by atoms with Gasteiger partial charge in [-0.3, -0.25) is 4.90 Å². The maximum absolute atomic E-state index is 13.9. The topological polar surface area (TPSA) is 67.9 Å². The van der Waals surface area contributed by atoms with Crippen LogP contribution in [0.25, 0.3) is 0 Å². The van der Waals surface area contributed by atoms with Crippen LogP contribution in [0.4, 0.5) is 18.4 Å². The van der Waals surface area contributed by atoms with Crippen LogP contribution in [0, 0.1) is 17.6 Å². The monoisotopic (exact) mass is 536 g/mol. The average molecular weight is 537 g/mol. The van der Waals surface area contributed by atoms with Gasteiger partial charge in [-0.25, -0.2) is 18.4 Å². The number of ether oxygens (including phenoxy) is 2. The minimum atomic E-state index is -0.794. The average Bonchev–Trinajstić information content (AvgIpc) is 2.90. The van der Waals surface area contributed by atoms with Gasteiger partial charge in [0.1, 0.15) is 30.0 Å². The van der Waals surface area contributed by atoms with E-state index in [2.05, 4.69) is 5.32 Å². The molecule has 3 aromatic carbocycles. The fourth-order valence-corrected chi connectivity index (χ4v) is 5.00. The predicted octanol–water partition coefficient (Wildman–Crippen LogP) is 7.00. The second kappa shape index (κ2) is 12.3. The van der Waals surface area contributed by atoms with Crippen LogP contribution in [-0.4, -0.2) is 35.4 Å².